The molecule has 2 rings (SSSR count). The lowest BCUT2D eigenvalue weighted by Crippen LogP contribution is -2.41. The van der Waals surface area contributed by atoms with E-state index in [4.69, 9.17) is 23.2 Å². The van der Waals surface area contributed by atoms with Gasteiger partial charge in [0.25, 0.3) is 0 Å². The van der Waals surface area contributed by atoms with Crippen molar-refractivity contribution in [2.75, 3.05) is 19.6 Å². The van der Waals surface area contributed by atoms with Crippen molar-refractivity contribution in [3.05, 3.63) is 22.3 Å². The minimum absolute atomic E-state index is 0.590. The van der Waals surface area contributed by atoms with Gasteiger partial charge in [-0.05, 0) is 32.0 Å². The highest BCUT2D eigenvalue weighted by Gasteiger charge is 2.21. The molecule has 2 nitrogen and oxygen atoms in total. The number of nitrogens with one attached hydrogen (secondary N) is 1. The predicted octanol–water partition coefficient (Wildman–Crippen LogP) is 2.26. The van der Waals surface area contributed by atoms with Crippen molar-refractivity contribution in [3.8, 4) is 0 Å². The van der Waals surface area contributed by atoms with Crippen molar-refractivity contribution in [1.82, 2.24) is 10.2 Å². The molecule has 0 spiro atoms. The van der Waals surface area contributed by atoms with Gasteiger partial charge in [-0.15, -0.1) is 0 Å². The van der Waals surface area contributed by atoms with E-state index in [0.717, 1.165) is 29.7 Å². The van der Waals surface area contributed by atoms with E-state index in [9.17, 15) is 0 Å². The number of hydrogen-bond donors (Lipinski definition) is 1. The number of hydrogen-bond acceptors (Lipinski definition) is 2. The quantitative estimate of drug-likeness (QED) is 0.747. The van der Waals surface area contributed by atoms with Gasteiger partial charge in [0.2, 0.25) is 0 Å². The SMILES string of the molecule is ClC1=CN(C2CCNCC2)CC(Cl)=C1. The van der Waals surface area contributed by atoms with Crippen LogP contribution in [0.5, 0.6) is 0 Å². The third kappa shape index (κ3) is 2.44. The summed E-state index contributed by atoms with van der Waals surface area (Å²) in [4.78, 5) is 2.26. The van der Waals surface area contributed by atoms with E-state index in [2.05, 4.69) is 10.2 Å². The topological polar surface area (TPSA) is 15.3 Å². The van der Waals surface area contributed by atoms with Crippen molar-refractivity contribution < 1.29 is 0 Å². The van der Waals surface area contributed by atoms with Crippen LogP contribution in [0.2, 0.25) is 0 Å². The Labute approximate surface area is 94.5 Å². The van der Waals surface area contributed by atoms with E-state index in [1.165, 1.54) is 12.8 Å². The Hall–Kier alpha value is -0.180. The molecule has 0 atom stereocenters. The Bertz CT molecular complexity index is 267. The van der Waals surface area contributed by atoms with Gasteiger partial charge in [-0.3, -0.25) is 0 Å². The largest absolute Gasteiger partial charge is 0.368 e. The molecule has 2 aliphatic rings. The van der Waals surface area contributed by atoms with Crippen molar-refractivity contribution in [2.24, 2.45) is 0 Å². The van der Waals surface area contributed by atoms with Crippen LogP contribution < -0.4 is 5.32 Å². The van der Waals surface area contributed by atoms with Crippen molar-refractivity contribution in [3.63, 3.8) is 0 Å². The van der Waals surface area contributed by atoms with Crippen LogP contribution in [0.3, 0.4) is 0 Å². The number of piperidine rings is 1. The number of halogens is 2. The molecule has 0 aromatic rings. The van der Waals surface area contributed by atoms with Crippen molar-refractivity contribution >= 4 is 23.2 Å². The fourth-order valence-corrected chi connectivity index (χ4v) is 2.55. The van der Waals surface area contributed by atoms with Crippen LogP contribution in [0.25, 0.3) is 0 Å². The molecular weight excluding hydrogens is 219 g/mol. The summed E-state index contributed by atoms with van der Waals surface area (Å²) in [6.45, 7) is 2.99. The molecule has 0 aliphatic carbocycles. The first-order valence-electron chi connectivity index (χ1n) is 4.95. The summed E-state index contributed by atoms with van der Waals surface area (Å²) in [6, 6.07) is 0.590. The average Bonchev–Trinajstić information content (AvgIpc) is 2.18. The Morgan fingerprint density at radius 1 is 1.29 bits per heavy atom. The number of rotatable bonds is 1. The maximum atomic E-state index is 6.00. The van der Waals surface area contributed by atoms with Gasteiger partial charge in [0, 0.05) is 17.3 Å². The number of allylic oxidation sites excluding steroid dienone is 2. The van der Waals surface area contributed by atoms with E-state index >= 15 is 0 Å². The second-order valence-corrected chi connectivity index (χ2v) is 4.68. The Kier molecular flexibility index (Phi) is 3.37. The standard InChI is InChI=1S/C10H14Cl2N2/c11-8-5-9(12)7-14(6-8)10-1-3-13-4-2-10/h5-6,10,13H,1-4,7H2. The van der Waals surface area contributed by atoms with Crippen LogP contribution in [0.4, 0.5) is 0 Å². The second-order valence-electron chi connectivity index (χ2n) is 3.76. The maximum absolute atomic E-state index is 6.00. The van der Waals surface area contributed by atoms with E-state index in [0.29, 0.717) is 6.04 Å². The minimum Gasteiger partial charge on any atom is -0.368 e. The molecule has 0 saturated carbocycles. The molecule has 0 aromatic heterocycles. The lowest BCUT2D eigenvalue weighted by atomic mass is 10.0. The van der Waals surface area contributed by atoms with Crippen molar-refractivity contribution in [2.45, 2.75) is 18.9 Å². The molecule has 14 heavy (non-hydrogen) atoms. The fraction of sp³-hybridized carbons (Fsp3) is 0.600. The lowest BCUT2D eigenvalue weighted by molar-refractivity contribution is 0.240. The van der Waals surface area contributed by atoms with Gasteiger partial charge in [0.1, 0.15) is 0 Å². The molecule has 0 amide bonds. The first-order valence-corrected chi connectivity index (χ1v) is 5.71. The first kappa shape index (κ1) is 10.3. The number of nitrogens with zero attached hydrogens (tertiary/aromatic N) is 1. The summed E-state index contributed by atoms with van der Waals surface area (Å²) < 4.78 is 0. The molecule has 4 heteroatoms. The zero-order valence-corrected chi connectivity index (χ0v) is 9.48. The highest BCUT2D eigenvalue weighted by atomic mass is 35.5. The second kappa shape index (κ2) is 4.56. The van der Waals surface area contributed by atoms with Crippen LogP contribution in [-0.4, -0.2) is 30.6 Å². The van der Waals surface area contributed by atoms with E-state index in [1.807, 2.05) is 12.3 Å². The molecule has 1 saturated heterocycles. The summed E-state index contributed by atoms with van der Waals surface area (Å²) >= 11 is 12.0. The maximum Gasteiger partial charge on any atom is 0.0577 e. The molecule has 1 fully saturated rings. The van der Waals surface area contributed by atoms with E-state index < -0.39 is 0 Å². The minimum atomic E-state index is 0.590. The smallest absolute Gasteiger partial charge is 0.0577 e. The van der Waals surface area contributed by atoms with Crippen molar-refractivity contribution in [1.29, 1.82) is 0 Å². The monoisotopic (exact) mass is 232 g/mol. The molecule has 78 valence electrons. The summed E-state index contributed by atoms with van der Waals surface area (Å²) in [7, 11) is 0. The van der Waals surface area contributed by atoms with Gasteiger partial charge >= 0.3 is 0 Å². The molecule has 2 heterocycles. The molecule has 2 aliphatic heterocycles. The van der Waals surface area contributed by atoms with E-state index in [-0.39, 0.29) is 0 Å². The Balaban J connectivity index is 2.01. The third-order valence-corrected chi connectivity index (χ3v) is 3.13. The molecule has 0 unspecified atom stereocenters. The zero-order chi connectivity index (χ0) is 9.97. The summed E-state index contributed by atoms with van der Waals surface area (Å²) in [5.74, 6) is 0. The van der Waals surface area contributed by atoms with Gasteiger partial charge in [-0.25, -0.2) is 0 Å². The van der Waals surface area contributed by atoms with Gasteiger partial charge < -0.3 is 10.2 Å². The summed E-state index contributed by atoms with van der Waals surface area (Å²) in [5.41, 5.74) is 0. The molecule has 0 aromatic carbocycles. The highest BCUT2D eigenvalue weighted by molar-refractivity contribution is 6.35. The van der Waals surface area contributed by atoms with Gasteiger partial charge in [0.05, 0.1) is 11.6 Å². The molecular formula is C10H14Cl2N2. The van der Waals surface area contributed by atoms with Gasteiger partial charge in [0.15, 0.2) is 0 Å². The van der Waals surface area contributed by atoms with Gasteiger partial charge in [-0.2, -0.15) is 0 Å². The third-order valence-electron chi connectivity index (χ3n) is 2.69. The fourth-order valence-electron chi connectivity index (χ4n) is 1.98. The van der Waals surface area contributed by atoms with E-state index in [1.54, 1.807) is 0 Å². The normalized spacial score (nSPS) is 24.6. The summed E-state index contributed by atoms with van der Waals surface area (Å²) in [5, 5.41) is 4.91. The molecule has 0 radical (unpaired) electrons. The Morgan fingerprint density at radius 2 is 2.00 bits per heavy atom. The zero-order valence-electron chi connectivity index (χ0n) is 7.97. The Morgan fingerprint density at radius 3 is 2.64 bits per heavy atom. The summed E-state index contributed by atoms with van der Waals surface area (Å²) in [6.07, 6.45) is 6.17. The molecule has 1 N–H and O–H groups in total. The van der Waals surface area contributed by atoms with Crippen LogP contribution in [0.15, 0.2) is 22.3 Å². The van der Waals surface area contributed by atoms with Crippen LogP contribution in [0, 0.1) is 0 Å². The molecule has 0 bridgehead atoms. The average molecular weight is 233 g/mol. The van der Waals surface area contributed by atoms with Gasteiger partial charge in [-0.1, -0.05) is 23.2 Å². The highest BCUT2D eigenvalue weighted by Crippen LogP contribution is 2.23. The van der Waals surface area contributed by atoms with Crippen LogP contribution in [-0.2, 0) is 0 Å². The van der Waals surface area contributed by atoms with Crippen LogP contribution in [0.1, 0.15) is 12.8 Å². The first-order chi connectivity index (χ1) is 6.75. The lowest BCUT2D eigenvalue weighted by Gasteiger charge is -2.35. The van der Waals surface area contributed by atoms with Crippen LogP contribution >= 0.6 is 23.2 Å². The predicted molar refractivity (Wildman–Crippen MR) is 60.5 cm³/mol.